The Balaban J connectivity index is 1.96. The van der Waals surface area contributed by atoms with Crippen LogP contribution in [-0.4, -0.2) is 41.1 Å². The summed E-state index contributed by atoms with van der Waals surface area (Å²) >= 11 is 0. The molecule has 1 heterocycles. The molecular formula is C21H29FN2O3. The molecule has 27 heavy (non-hydrogen) atoms. The number of carbonyl (C=O) groups excluding carboxylic acids is 2. The molecule has 1 saturated carbocycles. The average molecular weight is 376 g/mol. The van der Waals surface area contributed by atoms with Crippen LogP contribution in [0.2, 0.25) is 0 Å². The van der Waals surface area contributed by atoms with Crippen LogP contribution in [0.25, 0.3) is 0 Å². The van der Waals surface area contributed by atoms with E-state index in [1.807, 2.05) is 13.8 Å². The molecule has 1 aromatic carbocycles. The summed E-state index contributed by atoms with van der Waals surface area (Å²) in [5, 5.41) is 2.95. The highest BCUT2D eigenvalue weighted by Crippen LogP contribution is 2.43. The van der Waals surface area contributed by atoms with E-state index >= 15 is 0 Å². The minimum Gasteiger partial charge on any atom is -0.353 e. The summed E-state index contributed by atoms with van der Waals surface area (Å²) in [6.45, 7) is 6.19. The van der Waals surface area contributed by atoms with Crippen LogP contribution >= 0.6 is 0 Å². The minimum absolute atomic E-state index is 0.00439. The van der Waals surface area contributed by atoms with E-state index in [4.69, 9.17) is 4.74 Å². The Labute approximate surface area is 160 Å². The molecule has 1 aliphatic heterocycles. The van der Waals surface area contributed by atoms with E-state index in [-0.39, 0.29) is 24.1 Å². The molecule has 1 aromatic rings. The van der Waals surface area contributed by atoms with E-state index in [2.05, 4.69) is 12.2 Å². The molecule has 1 aliphatic carbocycles. The number of hydrogen-bond acceptors (Lipinski definition) is 3. The van der Waals surface area contributed by atoms with Gasteiger partial charge in [0.1, 0.15) is 17.6 Å². The van der Waals surface area contributed by atoms with Gasteiger partial charge >= 0.3 is 0 Å². The highest BCUT2D eigenvalue weighted by Gasteiger charge is 2.54. The molecule has 0 aromatic heterocycles. The molecule has 0 bridgehead atoms. The summed E-state index contributed by atoms with van der Waals surface area (Å²) < 4.78 is 20.4. The molecule has 0 unspecified atom stereocenters. The molecule has 148 valence electrons. The maximum absolute atomic E-state index is 14.3. The number of nitrogens with one attached hydrogen (secondary N) is 1. The van der Waals surface area contributed by atoms with Crippen molar-refractivity contribution in [3.8, 4) is 0 Å². The van der Waals surface area contributed by atoms with E-state index in [1.54, 1.807) is 12.1 Å². The van der Waals surface area contributed by atoms with E-state index in [1.165, 1.54) is 17.0 Å². The van der Waals surface area contributed by atoms with Gasteiger partial charge in [-0.1, -0.05) is 32.4 Å². The number of carbonyl (C=O) groups is 2. The molecule has 2 fully saturated rings. The van der Waals surface area contributed by atoms with Crippen molar-refractivity contribution in [1.82, 2.24) is 10.2 Å². The van der Waals surface area contributed by atoms with Gasteiger partial charge in [-0.25, -0.2) is 4.39 Å². The molecule has 1 saturated heterocycles. The standard InChI is InChI=1S/C21H29FN2O3/c1-4-15(3)23-19(25)18-13-27-21(11-7-8-14(2)12-21)24(18)20(26)16-9-5-6-10-17(16)22/h5-6,9-10,14-15,18H,4,7-8,11-13H2,1-3H3,(H,23,25)/t14-,15-,18-,21-/m0/s1. The smallest absolute Gasteiger partial charge is 0.259 e. The van der Waals surface area contributed by atoms with Crippen LogP contribution in [0.3, 0.4) is 0 Å². The first-order chi connectivity index (χ1) is 12.9. The highest BCUT2D eigenvalue weighted by molar-refractivity contribution is 5.98. The van der Waals surface area contributed by atoms with E-state index in [0.717, 1.165) is 19.3 Å². The molecule has 2 amide bonds. The number of nitrogens with zero attached hydrogens (tertiary/aromatic N) is 1. The Hall–Kier alpha value is -1.95. The molecule has 4 atom stereocenters. The van der Waals surface area contributed by atoms with Crippen molar-refractivity contribution in [3.63, 3.8) is 0 Å². The topological polar surface area (TPSA) is 58.6 Å². The maximum atomic E-state index is 14.3. The predicted octanol–water partition coefficient (Wildman–Crippen LogP) is 3.49. The fourth-order valence-electron chi connectivity index (χ4n) is 4.21. The van der Waals surface area contributed by atoms with Crippen LogP contribution in [0.5, 0.6) is 0 Å². The van der Waals surface area contributed by atoms with Crippen molar-refractivity contribution in [1.29, 1.82) is 0 Å². The van der Waals surface area contributed by atoms with Gasteiger partial charge in [0.05, 0.1) is 12.2 Å². The Kier molecular flexibility index (Phi) is 5.84. The fraction of sp³-hybridized carbons (Fsp3) is 0.619. The maximum Gasteiger partial charge on any atom is 0.259 e. The van der Waals surface area contributed by atoms with Crippen molar-refractivity contribution in [2.24, 2.45) is 5.92 Å². The second kappa shape index (κ2) is 7.97. The van der Waals surface area contributed by atoms with Crippen LogP contribution in [0.1, 0.15) is 63.2 Å². The lowest BCUT2D eigenvalue weighted by molar-refractivity contribution is -0.129. The lowest BCUT2D eigenvalue weighted by atomic mass is 9.83. The third kappa shape index (κ3) is 3.86. The minimum atomic E-state index is -0.825. The lowest BCUT2D eigenvalue weighted by Crippen LogP contribution is -2.57. The second-order valence-corrected chi connectivity index (χ2v) is 7.95. The number of rotatable bonds is 4. The van der Waals surface area contributed by atoms with Crippen LogP contribution in [-0.2, 0) is 9.53 Å². The van der Waals surface area contributed by atoms with Gasteiger partial charge in [0.2, 0.25) is 5.91 Å². The van der Waals surface area contributed by atoms with Crippen molar-refractivity contribution < 1.29 is 18.7 Å². The van der Waals surface area contributed by atoms with E-state index in [0.29, 0.717) is 18.8 Å². The number of benzene rings is 1. The summed E-state index contributed by atoms with van der Waals surface area (Å²) in [7, 11) is 0. The van der Waals surface area contributed by atoms with Crippen LogP contribution in [0.15, 0.2) is 24.3 Å². The largest absolute Gasteiger partial charge is 0.353 e. The second-order valence-electron chi connectivity index (χ2n) is 7.95. The van der Waals surface area contributed by atoms with Crippen LogP contribution < -0.4 is 5.32 Å². The molecule has 3 rings (SSSR count). The normalized spacial score (nSPS) is 29.0. The highest BCUT2D eigenvalue weighted by atomic mass is 19.1. The van der Waals surface area contributed by atoms with Gasteiger partial charge in [0.15, 0.2) is 0 Å². The number of hydrogen-bond donors (Lipinski definition) is 1. The molecular weight excluding hydrogens is 347 g/mol. The predicted molar refractivity (Wildman–Crippen MR) is 101 cm³/mol. The SMILES string of the molecule is CC[C@H](C)NC(=O)[C@@H]1CO[C@]2(CCC[C@H](C)C2)N1C(=O)c1ccccc1F. The fourth-order valence-corrected chi connectivity index (χ4v) is 4.21. The third-order valence-corrected chi connectivity index (χ3v) is 5.82. The van der Waals surface area contributed by atoms with Crippen molar-refractivity contribution >= 4 is 11.8 Å². The summed E-state index contributed by atoms with van der Waals surface area (Å²) in [6, 6.07) is 5.20. The number of amides is 2. The Bertz CT molecular complexity index is 710. The molecule has 0 radical (unpaired) electrons. The van der Waals surface area contributed by atoms with Crippen LogP contribution in [0, 0.1) is 11.7 Å². The van der Waals surface area contributed by atoms with Gasteiger partial charge in [-0.2, -0.15) is 0 Å². The van der Waals surface area contributed by atoms with E-state index in [9.17, 15) is 14.0 Å². The molecule has 1 spiro atoms. The zero-order valence-corrected chi connectivity index (χ0v) is 16.3. The van der Waals surface area contributed by atoms with Crippen LogP contribution in [0.4, 0.5) is 4.39 Å². The first-order valence-corrected chi connectivity index (χ1v) is 9.90. The number of halogens is 1. The van der Waals surface area contributed by atoms with Gasteiger partial charge < -0.3 is 10.1 Å². The van der Waals surface area contributed by atoms with Gasteiger partial charge in [-0.05, 0) is 50.7 Å². The Morgan fingerprint density at radius 2 is 2.15 bits per heavy atom. The average Bonchev–Trinajstić information content (AvgIpc) is 2.99. The zero-order valence-electron chi connectivity index (χ0n) is 16.3. The Morgan fingerprint density at radius 1 is 1.41 bits per heavy atom. The third-order valence-electron chi connectivity index (χ3n) is 5.82. The molecule has 1 N–H and O–H groups in total. The molecule has 5 nitrogen and oxygen atoms in total. The quantitative estimate of drug-likeness (QED) is 0.875. The zero-order chi connectivity index (χ0) is 19.6. The van der Waals surface area contributed by atoms with Crippen molar-refractivity contribution in [3.05, 3.63) is 35.6 Å². The van der Waals surface area contributed by atoms with Gasteiger partial charge in [0.25, 0.3) is 5.91 Å². The van der Waals surface area contributed by atoms with Gasteiger partial charge in [-0.3, -0.25) is 14.5 Å². The molecule has 6 heteroatoms. The van der Waals surface area contributed by atoms with E-state index < -0.39 is 23.5 Å². The monoisotopic (exact) mass is 376 g/mol. The lowest BCUT2D eigenvalue weighted by Gasteiger charge is -2.43. The molecule has 2 aliphatic rings. The summed E-state index contributed by atoms with van der Waals surface area (Å²) in [5.41, 5.74) is -0.837. The van der Waals surface area contributed by atoms with Gasteiger partial charge in [-0.15, -0.1) is 0 Å². The number of ether oxygens (including phenoxy) is 1. The van der Waals surface area contributed by atoms with Gasteiger partial charge in [0, 0.05) is 6.04 Å². The van der Waals surface area contributed by atoms with Crippen molar-refractivity contribution in [2.45, 2.75) is 70.7 Å². The summed E-state index contributed by atoms with van der Waals surface area (Å²) in [6.07, 6.45) is 4.12. The summed E-state index contributed by atoms with van der Waals surface area (Å²) in [4.78, 5) is 27.7. The Morgan fingerprint density at radius 3 is 2.81 bits per heavy atom. The van der Waals surface area contributed by atoms with Crippen molar-refractivity contribution in [2.75, 3.05) is 6.61 Å². The summed E-state index contributed by atoms with van der Waals surface area (Å²) in [5.74, 6) is -0.895. The first-order valence-electron chi connectivity index (χ1n) is 9.90. The first kappa shape index (κ1) is 19.8.